The number of carbonyl (C=O) groups excluding carboxylic acids is 1. The number of rotatable bonds is 5. The second-order valence-corrected chi connectivity index (χ2v) is 8.74. The number of aromatic nitrogens is 2. The summed E-state index contributed by atoms with van der Waals surface area (Å²) in [6.07, 6.45) is 4.16. The number of nitrogens with zero attached hydrogens (tertiary/aromatic N) is 1. The zero-order valence-electron chi connectivity index (χ0n) is 17.2. The number of ether oxygens (including phenoxy) is 1. The first kappa shape index (κ1) is 21.7. The number of nitrogens with one attached hydrogen (secondary N) is 3. The van der Waals surface area contributed by atoms with E-state index in [1.54, 1.807) is 12.1 Å². The number of H-pyrrole nitrogens is 1. The molecule has 4 rings (SSSR count). The number of amides is 1. The quantitative estimate of drug-likeness (QED) is 0.400. The number of halogens is 3. The molecule has 0 aliphatic heterocycles. The third kappa shape index (κ3) is 4.57. The Balaban J connectivity index is 1.60. The molecule has 1 heterocycles. The predicted octanol–water partition coefficient (Wildman–Crippen LogP) is 6.07. The first-order chi connectivity index (χ1) is 14.9. The van der Waals surface area contributed by atoms with E-state index in [0.29, 0.717) is 28.3 Å². The summed E-state index contributed by atoms with van der Waals surface area (Å²) < 4.78 is 19.8. The van der Waals surface area contributed by atoms with E-state index in [0.717, 1.165) is 25.7 Å². The van der Waals surface area contributed by atoms with Crippen LogP contribution in [0.2, 0.25) is 10.0 Å². The van der Waals surface area contributed by atoms with Gasteiger partial charge in [-0.1, -0.05) is 30.1 Å². The Morgan fingerprint density at radius 3 is 2.61 bits per heavy atom. The lowest BCUT2D eigenvalue weighted by Gasteiger charge is -2.27. The molecule has 3 aromatic rings. The molecular weight excluding hydrogens is 442 g/mol. The highest BCUT2D eigenvalue weighted by Crippen LogP contribution is 2.33. The lowest BCUT2D eigenvalue weighted by Crippen LogP contribution is -2.37. The third-order valence-corrected chi connectivity index (χ3v) is 6.29. The molecule has 6 nitrogen and oxygen atoms in total. The lowest BCUT2D eigenvalue weighted by molar-refractivity contribution is 0.0920. The Hall–Kier alpha value is -2.51. The molecule has 3 N–H and O–H groups in total. The minimum Gasteiger partial charge on any atom is -0.496 e. The van der Waals surface area contributed by atoms with Gasteiger partial charge in [-0.25, -0.2) is 9.37 Å². The summed E-state index contributed by atoms with van der Waals surface area (Å²) in [5.41, 5.74) is 1.58. The van der Waals surface area contributed by atoms with Crippen molar-refractivity contribution in [3.8, 4) is 5.75 Å². The fourth-order valence-corrected chi connectivity index (χ4v) is 4.22. The number of carbonyl (C=O) groups is 1. The molecule has 0 atom stereocenters. The molecule has 1 aliphatic rings. The average Bonchev–Trinajstić information content (AvgIpc) is 3.16. The van der Waals surface area contributed by atoms with Crippen molar-refractivity contribution >= 4 is 51.8 Å². The number of benzene rings is 2. The summed E-state index contributed by atoms with van der Waals surface area (Å²) in [6.45, 7) is 2.24. The Morgan fingerprint density at radius 1 is 1.19 bits per heavy atom. The molecule has 0 bridgehead atoms. The maximum atomic E-state index is 14.3. The summed E-state index contributed by atoms with van der Waals surface area (Å²) in [5.74, 6) is 0.524. The predicted molar refractivity (Wildman–Crippen MR) is 121 cm³/mol. The van der Waals surface area contributed by atoms with Crippen molar-refractivity contribution in [3.63, 3.8) is 0 Å². The van der Waals surface area contributed by atoms with Gasteiger partial charge in [-0.05, 0) is 49.8 Å². The van der Waals surface area contributed by atoms with Crippen molar-refractivity contribution in [2.24, 2.45) is 5.92 Å². The topological polar surface area (TPSA) is 79.0 Å². The van der Waals surface area contributed by atoms with Crippen molar-refractivity contribution in [1.29, 1.82) is 0 Å². The summed E-state index contributed by atoms with van der Waals surface area (Å²) >= 11 is 11.9. The highest BCUT2D eigenvalue weighted by molar-refractivity contribution is 6.35. The number of fused-ring (bicyclic) bond motifs is 1. The lowest BCUT2D eigenvalue weighted by atomic mass is 9.87. The maximum absolute atomic E-state index is 14.3. The normalized spacial score (nSPS) is 18.7. The highest BCUT2D eigenvalue weighted by atomic mass is 35.5. The number of hydrogen-bond acceptors (Lipinski definition) is 4. The van der Waals surface area contributed by atoms with Gasteiger partial charge in [0.1, 0.15) is 5.75 Å². The molecule has 1 amide bonds. The van der Waals surface area contributed by atoms with Crippen molar-refractivity contribution < 1.29 is 13.9 Å². The minimum absolute atomic E-state index is 0.0182. The van der Waals surface area contributed by atoms with Gasteiger partial charge in [0.25, 0.3) is 5.91 Å². The van der Waals surface area contributed by atoms with Crippen LogP contribution < -0.4 is 15.4 Å². The molecule has 9 heteroatoms. The van der Waals surface area contributed by atoms with Gasteiger partial charge in [-0.2, -0.15) is 0 Å². The van der Waals surface area contributed by atoms with Crippen molar-refractivity contribution in [2.75, 3.05) is 12.4 Å². The fraction of sp³-hybridized carbons (Fsp3) is 0.364. The number of hydrogen-bond donors (Lipinski definition) is 3. The zero-order chi connectivity index (χ0) is 22.1. The zero-order valence-corrected chi connectivity index (χ0v) is 18.7. The Kier molecular flexibility index (Phi) is 6.25. The molecule has 2 aromatic carbocycles. The van der Waals surface area contributed by atoms with Gasteiger partial charge in [0.2, 0.25) is 5.95 Å². The van der Waals surface area contributed by atoms with E-state index < -0.39 is 5.82 Å². The average molecular weight is 465 g/mol. The molecule has 0 spiro atoms. The van der Waals surface area contributed by atoms with E-state index in [1.165, 1.54) is 19.2 Å². The van der Waals surface area contributed by atoms with E-state index in [4.69, 9.17) is 27.9 Å². The van der Waals surface area contributed by atoms with Crippen LogP contribution in [0.1, 0.15) is 43.0 Å². The van der Waals surface area contributed by atoms with Crippen LogP contribution in [0.4, 0.5) is 16.0 Å². The van der Waals surface area contributed by atoms with E-state index in [9.17, 15) is 9.18 Å². The van der Waals surface area contributed by atoms with Gasteiger partial charge in [-0.3, -0.25) is 4.79 Å². The van der Waals surface area contributed by atoms with Crippen LogP contribution >= 0.6 is 23.2 Å². The summed E-state index contributed by atoms with van der Waals surface area (Å²) in [4.78, 5) is 20.4. The van der Waals surface area contributed by atoms with E-state index >= 15 is 0 Å². The van der Waals surface area contributed by atoms with E-state index in [-0.39, 0.29) is 33.6 Å². The maximum Gasteiger partial charge on any atom is 0.255 e. The van der Waals surface area contributed by atoms with Crippen LogP contribution in [-0.2, 0) is 0 Å². The smallest absolute Gasteiger partial charge is 0.255 e. The van der Waals surface area contributed by atoms with E-state index in [2.05, 4.69) is 27.5 Å². The van der Waals surface area contributed by atoms with Crippen LogP contribution in [-0.4, -0.2) is 29.0 Å². The molecule has 164 valence electrons. The molecule has 0 unspecified atom stereocenters. The van der Waals surface area contributed by atoms with Crippen LogP contribution in [0.3, 0.4) is 0 Å². The van der Waals surface area contributed by atoms with Gasteiger partial charge in [0.05, 0.1) is 39.4 Å². The second-order valence-electron chi connectivity index (χ2n) is 7.93. The number of imidazole rings is 1. The minimum atomic E-state index is -0.672. The van der Waals surface area contributed by atoms with Gasteiger partial charge in [-0.15, -0.1) is 0 Å². The van der Waals surface area contributed by atoms with Crippen molar-refractivity contribution in [3.05, 3.63) is 45.7 Å². The molecule has 0 saturated heterocycles. The Labute approximate surface area is 189 Å². The Bertz CT molecular complexity index is 1130. The standard InChI is InChI=1S/C22H23Cl2FN4O2/c1-11-3-5-12(6-4-11)26-21(30)13-9-16-17(10-18(13)31-2)28-22(27-16)29-20-15(24)8-7-14(23)19(20)25/h7-12H,3-6H2,1-2H3,(H,26,30)(H2,27,28,29). The molecular formula is C22H23Cl2FN4O2. The van der Waals surface area contributed by atoms with Crippen LogP contribution in [0.15, 0.2) is 24.3 Å². The van der Waals surface area contributed by atoms with Gasteiger partial charge in [0, 0.05) is 12.1 Å². The van der Waals surface area contributed by atoms with Crippen molar-refractivity contribution in [1.82, 2.24) is 15.3 Å². The number of anilines is 2. The first-order valence-electron chi connectivity index (χ1n) is 10.1. The molecule has 1 fully saturated rings. The number of methoxy groups -OCH3 is 1. The highest BCUT2D eigenvalue weighted by Gasteiger charge is 2.23. The van der Waals surface area contributed by atoms with E-state index in [1.807, 2.05) is 0 Å². The monoisotopic (exact) mass is 464 g/mol. The van der Waals surface area contributed by atoms with Gasteiger partial charge in [0.15, 0.2) is 5.82 Å². The fourth-order valence-electron chi connectivity index (χ4n) is 3.87. The van der Waals surface area contributed by atoms with Crippen LogP contribution in [0, 0.1) is 11.7 Å². The third-order valence-electron chi connectivity index (χ3n) is 5.69. The summed E-state index contributed by atoms with van der Waals surface area (Å²) in [5, 5.41) is 6.05. The Morgan fingerprint density at radius 2 is 1.90 bits per heavy atom. The summed E-state index contributed by atoms with van der Waals surface area (Å²) in [6, 6.07) is 6.39. The van der Waals surface area contributed by atoms with Gasteiger partial charge >= 0.3 is 0 Å². The molecule has 31 heavy (non-hydrogen) atoms. The molecule has 1 saturated carbocycles. The second kappa shape index (κ2) is 8.93. The van der Waals surface area contributed by atoms with Gasteiger partial charge < -0.3 is 20.4 Å². The number of aromatic amines is 1. The van der Waals surface area contributed by atoms with Crippen molar-refractivity contribution in [2.45, 2.75) is 38.6 Å². The molecule has 1 aromatic heterocycles. The largest absolute Gasteiger partial charge is 0.496 e. The van der Waals surface area contributed by atoms with Crippen LogP contribution in [0.25, 0.3) is 11.0 Å². The van der Waals surface area contributed by atoms with Crippen LogP contribution in [0.5, 0.6) is 5.75 Å². The first-order valence-corrected chi connectivity index (χ1v) is 10.9. The summed E-state index contributed by atoms with van der Waals surface area (Å²) in [7, 11) is 1.51. The molecule has 0 radical (unpaired) electrons. The SMILES string of the molecule is COc1cc2[nH]c(Nc3c(Cl)ccc(Cl)c3F)nc2cc1C(=O)NC1CCC(C)CC1. The molecule has 1 aliphatic carbocycles.